The molecule has 0 aromatic heterocycles. The number of amides is 1. The molecule has 0 spiro atoms. The number of morpholine rings is 1. The Morgan fingerprint density at radius 2 is 1.51 bits per heavy atom. The molecule has 1 atom stereocenters. The van der Waals surface area contributed by atoms with Gasteiger partial charge in [-0.2, -0.15) is 13.2 Å². The predicted molar refractivity (Wildman–Crippen MR) is 240 cm³/mol. The Bertz CT molecular complexity index is 2560. The normalized spacial score (nSPS) is 16.0. The number of carbonyl (C=O) groups is 1. The summed E-state index contributed by atoms with van der Waals surface area (Å²) in [6.07, 6.45) is 1.84. The SMILES string of the molecule is O=C(NS(=O)(=O)c1ccc(N[C@H](CCN2CCOCC2)CSc2ccccc2)c(S(=O)(=O)C(F)(F)F)c1)c1ccc(N2CCC(Oc3ccccc3-c3ccc(Cl)cc3)CC2)cc1. The lowest BCUT2D eigenvalue weighted by atomic mass is 10.0. The molecule has 0 bridgehead atoms. The van der Waals surface area contributed by atoms with Gasteiger partial charge in [0.05, 0.1) is 23.8 Å². The first-order chi connectivity index (χ1) is 30.2. The summed E-state index contributed by atoms with van der Waals surface area (Å²) < 4.78 is 109. The molecule has 63 heavy (non-hydrogen) atoms. The zero-order chi connectivity index (χ0) is 44.6. The van der Waals surface area contributed by atoms with Crippen molar-refractivity contribution >= 4 is 60.5 Å². The first-order valence-corrected chi connectivity index (χ1v) is 24.6. The van der Waals surface area contributed by atoms with Gasteiger partial charge in [-0.1, -0.05) is 60.1 Å². The van der Waals surface area contributed by atoms with E-state index in [1.165, 1.54) is 23.9 Å². The number of nitrogens with one attached hydrogen (secondary N) is 2. The van der Waals surface area contributed by atoms with E-state index < -0.39 is 52.8 Å². The van der Waals surface area contributed by atoms with Crippen LogP contribution in [0.4, 0.5) is 24.5 Å². The van der Waals surface area contributed by atoms with E-state index in [-0.39, 0.29) is 11.7 Å². The minimum absolute atomic E-state index is 0.0280. The second-order valence-corrected chi connectivity index (χ2v) is 20.2. The third kappa shape index (κ3) is 11.9. The number of carbonyl (C=O) groups excluding carboxylic acids is 1. The smallest absolute Gasteiger partial charge is 0.490 e. The highest BCUT2D eigenvalue weighted by Gasteiger charge is 2.48. The minimum Gasteiger partial charge on any atom is -0.490 e. The number of thioether (sulfide) groups is 1. The van der Waals surface area contributed by atoms with Crippen LogP contribution in [0.5, 0.6) is 5.75 Å². The number of hydrogen-bond donors (Lipinski definition) is 2. The number of piperidine rings is 1. The molecule has 0 saturated carbocycles. The van der Waals surface area contributed by atoms with Gasteiger partial charge in [0.15, 0.2) is 0 Å². The molecule has 2 heterocycles. The molecule has 2 aliphatic heterocycles. The maximum absolute atomic E-state index is 14.1. The fourth-order valence-corrected chi connectivity index (χ4v) is 10.5. The predicted octanol–water partition coefficient (Wildman–Crippen LogP) is 8.76. The summed E-state index contributed by atoms with van der Waals surface area (Å²) in [7, 11) is -10.9. The summed E-state index contributed by atoms with van der Waals surface area (Å²) in [5, 5.41) is 3.63. The molecule has 334 valence electrons. The van der Waals surface area contributed by atoms with Crippen molar-refractivity contribution in [3.05, 3.63) is 132 Å². The van der Waals surface area contributed by atoms with Crippen molar-refractivity contribution in [3.63, 3.8) is 0 Å². The topological polar surface area (TPSA) is 134 Å². The van der Waals surface area contributed by atoms with Gasteiger partial charge < -0.3 is 19.7 Å². The molecular formula is C45H46ClF3N4O7S3. The van der Waals surface area contributed by atoms with Crippen LogP contribution < -0.4 is 19.7 Å². The molecule has 11 nitrogen and oxygen atoms in total. The van der Waals surface area contributed by atoms with Crippen molar-refractivity contribution < 1.29 is 44.3 Å². The number of nitrogens with zero attached hydrogens (tertiary/aromatic N) is 2. The highest BCUT2D eigenvalue weighted by atomic mass is 35.5. The maximum atomic E-state index is 14.1. The highest BCUT2D eigenvalue weighted by molar-refractivity contribution is 7.99. The Morgan fingerprint density at radius 1 is 0.841 bits per heavy atom. The molecule has 0 radical (unpaired) electrons. The summed E-state index contributed by atoms with van der Waals surface area (Å²) in [5.74, 6) is 0.0888. The zero-order valence-electron chi connectivity index (χ0n) is 34.0. The molecule has 0 aliphatic carbocycles. The second kappa shape index (κ2) is 20.4. The van der Waals surface area contributed by atoms with E-state index in [1.54, 1.807) is 12.1 Å². The van der Waals surface area contributed by atoms with E-state index >= 15 is 0 Å². The summed E-state index contributed by atoms with van der Waals surface area (Å²) in [4.78, 5) is 16.4. The number of alkyl halides is 3. The second-order valence-electron chi connectivity index (χ2n) is 15.1. The maximum Gasteiger partial charge on any atom is 0.501 e. The number of ether oxygens (including phenoxy) is 2. The number of sulfone groups is 1. The largest absolute Gasteiger partial charge is 0.501 e. The van der Waals surface area contributed by atoms with E-state index in [0.29, 0.717) is 69.2 Å². The molecule has 2 N–H and O–H groups in total. The number of hydrogen-bond acceptors (Lipinski definition) is 11. The van der Waals surface area contributed by atoms with E-state index in [4.69, 9.17) is 21.1 Å². The fraction of sp³-hybridized carbons (Fsp3) is 0.311. The van der Waals surface area contributed by atoms with Gasteiger partial charge in [0, 0.05) is 84.1 Å². The van der Waals surface area contributed by atoms with Gasteiger partial charge in [-0.15, -0.1) is 11.8 Å². The Labute approximate surface area is 374 Å². The van der Waals surface area contributed by atoms with Gasteiger partial charge in [0.2, 0.25) is 0 Å². The van der Waals surface area contributed by atoms with E-state index in [0.717, 1.165) is 52.4 Å². The van der Waals surface area contributed by atoms with Crippen molar-refractivity contribution in [2.45, 2.75) is 51.6 Å². The Balaban J connectivity index is 1.02. The first-order valence-electron chi connectivity index (χ1n) is 20.3. The average Bonchev–Trinajstić information content (AvgIpc) is 3.28. The van der Waals surface area contributed by atoms with Crippen molar-refractivity contribution in [2.75, 3.05) is 61.9 Å². The fourth-order valence-electron chi connectivity index (χ4n) is 7.34. The number of anilines is 2. The Morgan fingerprint density at radius 3 is 2.19 bits per heavy atom. The van der Waals surface area contributed by atoms with Crippen LogP contribution in [0.25, 0.3) is 11.1 Å². The van der Waals surface area contributed by atoms with E-state index in [1.807, 2.05) is 83.6 Å². The number of sulfonamides is 1. The number of benzene rings is 5. The molecule has 2 saturated heterocycles. The van der Waals surface area contributed by atoms with Crippen molar-refractivity contribution in [1.29, 1.82) is 0 Å². The monoisotopic (exact) mass is 942 g/mol. The van der Waals surface area contributed by atoms with Crippen LogP contribution in [-0.2, 0) is 24.6 Å². The minimum atomic E-state index is -6.06. The van der Waals surface area contributed by atoms with Gasteiger partial charge in [0.1, 0.15) is 16.7 Å². The van der Waals surface area contributed by atoms with Crippen molar-refractivity contribution in [1.82, 2.24) is 9.62 Å². The highest BCUT2D eigenvalue weighted by Crippen LogP contribution is 2.37. The summed E-state index contributed by atoms with van der Waals surface area (Å²) in [5.41, 5.74) is -3.44. The van der Waals surface area contributed by atoms with Crippen LogP contribution in [0.15, 0.2) is 136 Å². The number of halogens is 4. The Hall–Kier alpha value is -4.78. The van der Waals surface area contributed by atoms with Crippen LogP contribution in [0, 0.1) is 0 Å². The van der Waals surface area contributed by atoms with Gasteiger partial charge in [-0.25, -0.2) is 21.6 Å². The molecule has 2 fully saturated rings. The first kappa shape index (κ1) is 46.2. The van der Waals surface area contributed by atoms with E-state index in [2.05, 4.69) is 15.1 Å². The van der Waals surface area contributed by atoms with Crippen molar-refractivity contribution in [3.8, 4) is 16.9 Å². The van der Waals surface area contributed by atoms with Crippen LogP contribution in [0.1, 0.15) is 29.6 Å². The molecule has 0 unspecified atom stereocenters. The van der Waals surface area contributed by atoms with Gasteiger partial charge in [-0.3, -0.25) is 9.69 Å². The summed E-state index contributed by atoms with van der Waals surface area (Å²) in [6, 6.07) is 32.8. The molecular weight excluding hydrogens is 897 g/mol. The van der Waals surface area contributed by atoms with Crippen LogP contribution in [0.2, 0.25) is 5.02 Å². The third-order valence-corrected chi connectivity index (χ3v) is 15.1. The molecule has 5 aromatic carbocycles. The standard InChI is InChI=1S/C45H46ClF3N4O7S3/c46-34-14-10-32(11-15-34)40-8-4-5-9-42(40)60-37-21-24-53(25-22-37)36-16-12-33(13-17-36)44(54)51-63(57,58)39-18-19-41(43(30-39)62(55,56)45(47,48)49)50-35(20-23-52-26-28-59-29-27-52)31-61-38-6-2-1-3-7-38/h1-19,30,35,37,50H,20-29,31H2,(H,51,54)/t35-/m1/s1. The summed E-state index contributed by atoms with van der Waals surface area (Å²) >= 11 is 7.53. The molecule has 2 aliphatic rings. The molecule has 18 heteroatoms. The number of para-hydroxylation sites is 1. The molecule has 1 amide bonds. The lowest BCUT2D eigenvalue weighted by Gasteiger charge is -2.34. The van der Waals surface area contributed by atoms with Gasteiger partial charge in [0.25, 0.3) is 25.8 Å². The van der Waals surface area contributed by atoms with Gasteiger partial charge in [-0.05, 0) is 84.8 Å². The van der Waals surface area contributed by atoms with Crippen LogP contribution in [0.3, 0.4) is 0 Å². The molecule has 7 rings (SSSR count). The van der Waals surface area contributed by atoms with E-state index in [9.17, 15) is 34.8 Å². The van der Waals surface area contributed by atoms with Crippen LogP contribution >= 0.6 is 23.4 Å². The third-order valence-electron chi connectivity index (χ3n) is 10.8. The number of rotatable bonds is 16. The Kier molecular flexibility index (Phi) is 14.9. The quantitative estimate of drug-likeness (QED) is 0.0921. The van der Waals surface area contributed by atoms with Crippen LogP contribution in [-0.4, -0.2) is 97.0 Å². The molecule has 5 aromatic rings. The zero-order valence-corrected chi connectivity index (χ0v) is 37.2. The van der Waals surface area contributed by atoms with Gasteiger partial charge >= 0.3 is 5.51 Å². The summed E-state index contributed by atoms with van der Waals surface area (Å²) in [6.45, 7) is 4.31. The lowest BCUT2D eigenvalue weighted by Crippen LogP contribution is -2.39. The van der Waals surface area contributed by atoms with Crippen molar-refractivity contribution in [2.24, 2.45) is 0 Å². The average molecular weight is 944 g/mol. The lowest BCUT2D eigenvalue weighted by molar-refractivity contribution is -0.0435.